The molecule has 0 unspecified atom stereocenters. The van der Waals surface area contributed by atoms with Crippen molar-refractivity contribution in [2.45, 2.75) is 32.7 Å². The van der Waals surface area contributed by atoms with Crippen LogP contribution in [0, 0.1) is 13.8 Å². The number of benzene rings is 2. The van der Waals surface area contributed by atoms with E-state index in [9.17, 15) is 9.59 Å². The Morgan fingerprint density at radius 1 is 0.935 bits per heavy atom. The number of likely N-dealkylation sites (tertiary alicyclic amines) is 1. The number of amides is 2. The van der Waals surface area contributed by atoms with Crippen LogP contribution in [-0.4, -0.2) is 56.7 Å². The van der Waals surface area contributed by atoms with Gasteiger partial charge in [-0.2, -0.15) is 0 Å². The lowest BCUT2D eigenvalue weighted by molar-refractivity contribution is -0.124. The van der Waals surface area contributed by atoms with Gasteiger partial charge in [0, 0.05) is 30.8 Å². The average Bonchev–Trinajstić information content (AvgIpc) is 2.79. The van der Waals surface area contributed by atoms with E-state index in [4.69, 9.17) is 14.2 Å². The summed E-state index contributed by atoms with van der Waals surface area (Å²) in [6, 6.07) is 11.0. The highest BCUT2D eigenvalue weighted by atomic mass is 16.5. The maximum atomic E-state index is 12.9. The highest BCUT2D eigenvalue weighted by Crippen LogP contribution is 2.24. The van der Waals surface area contributed by atoms with Crippen molar-refractivity contribution in [1.29, 1.82) is 0 Å². The van der Waals surface area contributed by atoms with E-state index in [0.29, 0.717) is 48.7 Å². The van der Waals surface area contributed by atoms with Crippen LogP contribution in [0.4, 0.5) is 0 Å². The van der Waals surface area contributed by atoms with Gasteiger partial charge in [-0.1, -0.05) is 6.07 Å². The lowest BCUT2D eigenvalue weighted by Crippen LogP contribution is -2.47. The van der Waals surface area contributed by atoms with Crippen molar-refractivity contribution in [3.63, 3.8) is 0 Å². The zero-order valence-corrected chi connectivity index (χ0v) is 18.6. The van der Waals surface area contributed by atoms with Gasteiger partial charge < -0.3 is 24.4 Å². The second-order valence-corrected chi connectivity index (χ2v) is 7.77. The summed E-state index contributed by atoms with van der Waals surface area (Å²) in [5, 5.41) is 3.01. The summed E-state index contributed by atoms with van der Waals surface area (Å²) in [7, 11) is 3.11. The third-order valence-electron chi connectivity index (χ3n) is 5.59. The Kier molecular flexibility index (Phi) is 7.39. The first-order chi connectivity index (χ1) is 14.9. The number of methoxy groups -OCH3 is 2. The number of rotatable bonds is 7. The molecule has 1 fully saturated rings. The van der Waals surface area contributed by atoms with E-state index in [1.807, 2.05) is 32.0 Å². The van der Waals surface area contributed by atoms with Crippen molar-refractivity contribution in [3.05, 3.63) is 53.1 Å². The van der Waals surface area contributed by atoms with E-state index < -0.39 is 0 Å². The van der Waals surface area contributed by atoms with Gasteiger partial charge in [0.05, 0.1) is 14.2 Å². The monoisotopic (exact) mass is 426 g/mol. The molecule has 0 bridgehead atoms. The van der Waals surface area contributed by atoms with Gasteiger partial charge in [-0.15, -0.1) is 0 Å². The van der Waals surface area contributed by atoms with Crippen LogP contribution in [0.1, 0.15) is 34.3 Å². The summed E-state index contributed by atoms with van der Waals surface area (Å²) in [5.74, 6) is 1.62. The van der Waals surface area contributed by atoms with Gasteiger partial charge in [0.2, 0.25) is 0 Å². The third-order valence-corrected chi connectivity index (χ3v) is 5.59. The number of nitrogens with one attached hydrogen (secondary N) is 1. The number of aryl methyl sites for hydroxylation is 2. The van der Waals surface area contributed by atoms with E-state index in [0.717, 1.165) is 5.56 Å². The van der Waals surface area contributed by atoms with Crippen LogP contribution in [0.2, 0.25) is 0 Å². The van der Waals surface area contributed by atoms with Crippen molar-refractivity contribution < 1.29 is 23.8 Å². The van der Waals surface area contributed by atoms with Crippen LogP contribution in [0.15, 0.2) is 36.4 Å². The van der Waals surface area contributed by atoms with Crippen LogP contribution >= 0.6 is 0 Å². The van der Waals surface area contributed by atoms with Gasteiger partial charge in [-0.25, -0.2) is 0 Å². The first-order valence-electron chi connectivity index (χ1n) is 10.4. The molecule has 2 amide bonds. The van der Waals surface area contributed by atoms with Gasteiger partial charge in [-0.05, 0) is 62.1 Å². The zero-order chi connectivity index (χ0) is 22.4. The normalized spacial score (nSPS) is 14.1. The Bertz CT molecular complexity index is 913. The van der Waals surface area contributed by atoms with E-state index in [1.54, 1.807) is 37.3 Å². The maximum Gasteiger partial charge on any atom is 0.258 e. The number of hydrogen-bond acceptors (Lipinski definition) is 5. The number of hydrogen-bond donors (Lipinski definition) is 1. The lowest BCUT2D eigenvalue weighted by Gasteiger charge is -2.32. The van der Waals surface area contributed by atoms with Crippen LogP contribution in [0.3, 0.4) is 0 Å². The molecular formula is C24H30N2O5. The molecule has 3 rings (SSSR count). The minimum absolute atomic E-state index is 0.0226. The van der Waals surface area contributed by atoms with Gasteiger partial charge in [0.15, 0.2) is 6.61 Å². The van der Waals surface area contributed by atoms with Crippen LogP contribution in [0.25, 0.3) is 0 Å². The topological polar surface area (TPSA) is 77.1 Å². The molecule has 31 heavy (non-hydrogen) atoms. The van der Waals surface area contributed by atoms with E-state index in [1.165, 1.54) is 5.56 Å². The fourth-order valence-electron chi connectivity index (χ4n) is 3.56. The average molecular weight is 427 g/mol. The van der Waals surface area contributed by atoms with E-state index in [-0.39, 0.29) is 24.5 Å². The first kappa shape index (κ1) is 22.5. The molecule has 0 spiro atoms. The molecule has 1 heterocycles. The molecule has 0 aromatic heterocycles. The van der Waals surface area contributed by atoms with Crippen LogP contribution in [0.5, 0.6) is 17.2 Å². The largest absolute Gasteiger partial charge is 0.497 e. The summed E-state index contributed by atoms with van der Waals surface area (Å²) in [6.45, 7) is 5.17. The van der Waals surface area contributed by atoms with Crippen molar-refractivity contribution in [1.82, 2.24) is 10.2 Å². The smallest absolute Gasteiger partial charge is 0.258 e. The van der Waals surface area contributed by atoms with Crippen molar-refractivity contribution in [2.75, 3.05) is 33.9 Å². The molecule has 0 atom stereocenters. The molecule has 2 aromatic carbocycles. The zero-order valence-electron chi connectivity index (χ0n) is 18.6. The summed E-state index contributed by atoms with van der Waals surface area (Å²) >= 11 is 0. The summed E-state index contributed by atoms with van der Waals surface area (Å²) in [6.07, 6.45) is 1.39. The molecule has 0 saturated carbocycles. The molecule has 0 aliphatic carbocycles. The fourth-order valence-corrected chi connectivity index (χ4v) is 3.56. The predicted octanol–water partition coefficient (Wildman–Crippen LogP) is 3.12. The minimum Gasteiger partial charge on any atom is -0.497 e. The van der Waals surface area contributed by atoms with Crippen molar-refractivity contribution in [2.24, 2.45) is 0 Å². The SMILES string of the molecule is COc1cc(OC)cc(C(=O)N2CCC(NC(=O)COc3ccc(C)c(C)c3)CC2)c1. The number of nitrogens with zero attached hydrogens (tertiary/aromatic N) is 1. The molecule has 1 N–H and O–H groups in total. The van der Waals surface area contributed by atoms with Gasteiger partial charge in [0.25, 0.3) is 11.8 Å². The Morgan fingerprint density at radius 2 is 1.58 bits per heavy atom. The highest BCUT2D eigenvalue weighted by Gasteiger charge is 2.25. The molecular weight excluding hydrogens is 396 g/mol. The van der Waals surface area contributed by atoms with Crippen LogP contribution in [-0.2, 0) is 4.79 Å². The second-order valence-electron chi connectivity index (χ2n) is 7.77. The third kappa shape index (κ3) is 5.90. The van der Waals surface area contributed by atoms with Gasteiger partial charge in [-0.3, -0.25) is 9.59 Å². The number of carbonyl (C=O) groups is 2. The Balaban J connectivity index is 1.48. The first-order valence-corrected chi connectivity index (χ1v) is 10.4. The number of carbonyl (C=O) groups excluding carboxylic acids is 2. The molecule has 1 aliphatic heterocycles. The maximum absolute atomic E-state index is 12.9. The van der Waals surface area contributed by atoms with Gasteiger partial charge in [0.1, 0.15) is 17.2 Å². The summed E-state index contributed by atoms with van der Waals surface area (Å²) in [5.41, 5.74) is 2.84. The van der Waals surface area contributed by atoms with Crippen LogP contribution < -0.4 is 19.5 Å². The minimum atomic E-state index is -0.152. The molecule has 1 saturated heterocycles. The van der Waals surface area contributed by atoms with E-state index >= 15 is 0 Å². The summed E-state index contributed by atoms with van der Waals surface area (Å²) in [4.78, 5) is 26.9. The van der Waals surface area contributed by atoms with Crippen molar-refractivity contribution >= 4 is 11.8 Å². The Hall–Kier alpha value is -3.22. The Morgan fingerprint density at radius 3 is 2.16 bits per heavy atom. The number of ether oxygens (including phenoxy) is 3. The van der Waals surface area contributed by atoms with Gasteiger partial charge >= 0.3 is 0 Å². The fraction of sp³-hybridized carbons (Fsp3) is 0.417. The number of piperidine rings is 1. The van der Waals surface area contributed by atoms with Crippen molar-refractivity contribution in [3.8, 4) is 17.2 Å². The molecule has 1 aliphatic rings. The molecule has 2 aromatic rings. The second kappa shape index (κ2) is 10.2. The lowest BCUT2D eigenvalue weighted by atomic mass is 10.0. The predicted molar refractivity (Wildman–Crippen MR) is 118 cm³/mol. The highest BCUT2D eigenvalue weighted by molar-refractivity contribution is 5.95. The quantitative estimate of drug-likeness (QED) is 0.736. The molecule has 0 radical (unpaired) electrons. The molecule has 7 heteroatoms. The Labute approximate surface area is 183 Å². The van der Waals surface area contributed by atoms with E-state index in [2.05, 4.69) is 5.32 Å². The molecule has 7 nitrogen and oxygen atoms in total. The standard InChI is InChI=1S/C24H30N2O5/c1-16-5-6-20(11-17(16)2)31-15-23(27)25-19-7-9-26(10-8-19)24(28)18-12-21(29-3)14-22(13-18)30-4/h5-6,11-14,19H,7-10,15H2,1-4H3,(H,25,27). The molecule has 166 valence electrons. The summed E-state index contributed by atoms with van der Waals surface area (Å²) < 4.78 is 16.1.